The van der Waals surface area contributed by atoms with Crippen LogP contribution in [0.1, 0.15) is 6.92 Å². The Kier molecular flexibility index (Phi) is 5.36. The van der Waals surface area contributed by atoms with E-state index in [1.165, 1.54) is 0 Å². The van der Waals surface area contributed by atoms with Crippen LogP contribution in [0.15, 0.2) is 24.3 Å². The van der Waals surface area contributed by atoms with E-state index in [4.69, 9.17) is 5.73 Å². The number of nitrogens with two attached hydrogens (primary N) is 1. The maximum absolute atomic E-state index is 11.6. The molecule has 0 fully saturated rings. The Hall–Kier alpha value is -1.15. The van der Waals surface area contributed by atoms with E-state index in [0.29, 0.717) is 5.69 Å². The van der Waals surface area contributed by atoms with Crippen LogP contribution in [0, 0.1) is 3.57 Å². The number of ether oxygens (including phenoxy) is 1. The van der Waals surface area contributed by atoms with Gasteiger partial charge >= 0.3 is 5.97 Å². The number of hydrogen-bond acceptors (Lipinski definition) is 4. The first-order valence-corrected chi connectivity index (χ1v) is 6.11. The first kappa shape index (κ1) is 13.9. The molecule has 0 saturated heterocycles. The third kappa shape index (κ3) is 4.31. The number of rotatable bonds is 4. The van der Waals surface area contributed by atoms with Crippen LogP contribution in [0.3, 0.4) is 0 Å². The summed E-state index contributed by atoms with van der Waals surface area (Å²) in [6.45, 7) is 1.85. The molecule has 17 heavy (non-hydrogen) atoms. The van der Waals surface area contributed by atoms with Crippen molar-refractivity contribution < 1.29 is 14.3 Å². The molecule has 0 aromatic heterocycles. The molecule has 5 nitrogen and oxygen atoms in total. The minimum absolute atomic E-state index is 0.198. The summed E-state index contributed by atoms with van der Waals surface area (Å²) in [5.74, 6) is -1.31. The van der Waals surface area contributed by atoms with Gasteiger partial charge in [-0.3, -0.25) is 4.79 Å². The Morgan fingerprint density at radius 2 is 2.00 bits per heavy atom. The Bertz CT molecular complexity index is 406. The highest BCUT2D eigenvalue weighted by Gasteiger charge is 2.23. The monoisotopic (exact) mass is 348 g/mol. The van der Waals surface area contributed by atoms with Crippen LogP contribution in [0.2, 0.25) is 0 Å². The zero-order chi connectivity index (χ0) is 12.8. The van der Waals surface area contributed by atoms with Crippen LogP contribution in [-0.4, -0.2) is 24.5 Å². The summed E-state index contributed by atoms with van der Waals surface area (Å²) in [6, 6.07) is 5.85. The van der Waals surface area contributed by atoms with Crippen LogP contribution in [-0.2, 0) is 14.3 Å². The summed E-state index contributed by atoms with van der Waals surface area (Å²) in [5, 5.41) is 2.54. The Morgan fingerprint density at radius 1 is 1.41 bits per heavy atom. The van der Waals surface area contributed by atoms with Crippen molar-refractivity contribution in [1.82, 2.24) is 0 Å². The number of halogens is 1. The minimum Gasteiger partial charge on any atom is -0.464 e. The largest absolute Gasteiger partial charge is 0.464 e. The molecule has 0 radical (unpaired) electrons. The lowest BCUT2D eigenvalue weighted by molar-refractivity contribution is -0.146. The van der Waals surface area contributed by atoms with Crippen molar-refractivity contribution in [2.45, 2.75) is 13.0 Å². The first-order chi connectivity index (χ1) is 8.04. The molecule has 3 N–H and O–H groups in total. The molecule has 1 atom stereocenters. The van der Waals surface area contributed by atoms with Crippen LogP contribution < -0.4 is 11.1 Å². The number of carbonyl (C=O) groups excluding carboxylic acids is 2. The third-order valence-corrected chi connectivity index (χ3v) is 2.65. The van der Waals surface area contributed by atoms with Gasteiger partial charge in [-0.25, -0.2) is 4.79 Å². The first-order valence-electron chi connectivity index (χ1n) is 5.03. The number of nitrogens with one attached hydrogen (secondary N) is 1. The van der Waals surface area contributed by atoms with Crippen molar-refractivity contribution in [2.24, 2.45) is 5.73 Å². The molecular formula is C11H13IN2O3. The molecule has 0 bridgehead atoms. The molecule has 0 aliphatic heterocycles. The van der Waals surface area contributed by atoms with E-state index in [1.807, 2.05) is 12.1 Å². The van der Waals surface area contributed by atoms with Crippen LogP contribution >= 0.6 is 22.6 Å². The summed E-state index contributed by atoms with van der Waals surface area (Å²) >= 11 is 2.15. The van der Waals surface area contributed by atoms with Gasteiger partial charge in [0.2, 0.25) is 0 Å². The normalized spacial score (nSPS) is 11.7. The lowest BCUT2D eigenvalue weighted by Crippen LogP contribution is -2.43. The lowest BCUT2D eigenvalue weighted by atomic mass is 10.2. The maximum Gasteiger partial charge on any atom is 0.332 e. The number of esters is 1. The van der Waals surface area contributed by atoms with Crippen molar-refractivity contribution in [3.05, 3.63) is 27.8 Å². The predicted octanol–water partition coefficient (Wildman–Crippen LogP) is 1.12. The highest BCUT2D eigenvalue weighted by atomic mass is 127. The van der Waals surface area contributed by atoms with Gasteiger partial charge in [-0.1, -0.05) is 0 Å². The van der Waals surface area contributed by atoms with E-state index >= 15 is 0 Å². The minimum atomic E-state index is -1.30. The molecule has 0 aliphatic rings. The van der Waals surface area contributed by atoms with Crippen LogP contribution in [0.25, 0.3) is 0 Å². The molecule has 0 saturated carbocycles. The standard InChI is InChI=1S/C11H13IN2O3/c1-2-17-11(16)9(13)10(15)14-8-5-3-7(12)4-6-8/h3-6,9H,2,13H2,1H3,(H,14,15). The summed E-state index contributed by atoms with van der Waals surface area (Å²) in [5.41, 5.74) is 6.03. The summed E-state index contributed by atoms with van der Waals surface area (Å²) in [7, 11) is 0. The highest BCUT2D eigenvalue weighted by Crippen LogP contribution is 2.11. The highest BCUT2D eigenvalue weighted by molar-refractivity contribution is 14.1. The second kappa shape index (κ2) is 6.55. The molecule has 0 aliphatic carbocycles. The van der Waals surface area contributed by atoms with Gasteiger partial charge in [0, 0.05) is 9.26 Å². The summed E-state index contributed by atoms with van der Waals surface area (Å²) in [6.07, 6.45) is 0. The van der Waals surface area contributed by atoms with Gasteiger partial charge in [0.15, 0.2) is 6.04 Å². The average molecular weight is 348 g/mol. The summed E-state index contributed by atoms with van der Waals surface area (Å²) < 4.78 is 5.71. The molecule has 0 spiro atoms. The van der Waals surface area contributed by atoms with Gasteiger partial charge in [0.1, 0.15) is 0 Å². The van der Waals surface area contributed by atoms with Crippen molar-refractivity contribution in [3.63, 3.8) is 0 Å². The summed E-state index contributed by atoms with van der Waals surface area (Å²) in [4.78, 5) is 22.8. The van der Waals surface area contributed by atoms with Crippen LogP contribution in [0.5, 0.6) is 0 Å². The van der Waals surface area contributed by atoms with E-state index in [1.54, 1.807) is 19.1 Å². The van der Waals surface area contributed by atoms with E-state index < -0.39 is 17.9 Å². The number of carbonyl (C=O) groups is 2. The number of anilines is 1. The second-order valence-electron chi connectivity index (χ2n) is 3.23. The molecule has 1 rings (SSSR count). The smallest absolute Gasteiger partial charge is 0.332 e. The van der Waals surface area contributed by atoms with Crippen LogP contribution in [0.4, 0.5) is 5.69 Å². The van der Waals surface area contributed by atoms with E-state index in [9.17, 15) is 9.59 Å². The molecule has 1 aromatic carbocycles. The average Bonchev–Trinajstić information content (AvgIpc) is 2.31. The predicted molar refractivity (Wildman–Crippen MR) is 72.4 cm³/mol. The zero-order valence-electron chi connectivity index (χ0n) is 9.27. The fourth-order valence-electron chi connectivity index (χ4n) is 1.09. The Morgan fingerprint density at radius 3 is 2.53 bits per heavy atom. The molecule has 1 unspecified atom stereocenters. The zero-order valence-corrected chi connectivity index (χ0v) is 11.4. The van der Waals surface area contributed by atoms with Gasteiger partial charge in [0.25, 0.3) is 5.91 Å². The van der Waals surface area contributed by atoms with E-state index in [2.05, 4.69) is 32.6 Å². The van der Waals surface area contributed by atoms with Crippen molar-refractivity contribution in [1.29, 1.82) is 0 Å². The topological polar surface area (TPSA) is 81.4 Å². The molecular weight excluding hydrogens is 335 g/mol. The number of benzene rings is 1. The van der Waals surface area contributed by atoms with Crippen molar-refractivity contribution in [2.75, 3.05) is 11.9 Å². The van der Waals surface area contributed by atoms with Gasteiger partial charge in [-0.15, -0.1) is 0 Å². The van der Waals surface area contributed by atoms with Crippen molar-refractivity contribution >= 4 is 40.2 Å². The number of amides is 1. The maximum atomic E-state index is 11.6. The van der Waals surface area contributed by atoms with Gasteiger partial charge in [0.05, 0.1) is 6.61 Å². The molecule has 1 aromatic rings. The Labute approximate surface area is 113 Å². The quantitative estimate of drug-likeness (QED) is 0.485. The SMILES string of the molecule is CCOC(=O)C(N)C(=O)Nc1ccc(I)cc1. The molecule has 6 heteroatoms. The number of hydrogen-bond donors (Lipinski definition) is 2. The lowest BCUT2D eigenvalue weighted by Gasteiger charge is -2.11. The van der Waals surface area contributed by atoms with Crippen molar-refractivity contribution in [3.8, 4) is 0 Å². The fourth-order valence-corrected chi connectivity index (χ4v) is 1.45. The Balaban J connectivity index is 2.59. The molecule has 92 valence electrons. The third-order valence-electron chi connectivity index (χ3n) is 1.93. The molecule has 1 amide bonds. The second-order valence-corrected chi connectivity index (χ2v) is 4.47. The van der Waals surface area contributed by atoms with Gasteiger partial charge < -0.3 is 15.8 Å². The molecule has 0 heterocycles. The fraction of sp³-hybridized carbons (Fsp3) is 0.273. The van der Waals surface area contributed by atoms with Gasteiger partial charge in [-0.2, -0.15) is 0 Å². The van der Waals surface area contributed by atoms with E-state index in [-0.39, 0.29) is 6.61 Å². The van der Waals surface area contributed by atoms with Gasteiger partial charge in [-0.05, 0) is 53.8 Å². The van der Waals surface area contributed by atoms with E-state index in [0.717, 1.165) is 3.57 Å².